The summed E-state index contributed by atoms with van der Waals surface area (Å²) in [7, 11) is 0. The number of nitrogens with zero attached hydrogens (tertiary/aromatic N) is 3. The fourth-order valence-electron chi connectivity index (χ4n) is 22.6. The third-order valence-corrected chi connectivity index (χ3v) is 30.2. The van der Waals surface area contributed by atoms with Crippen LogP contribution in [-0.2, 0) is 19.1 Å². The van der Waals surface area contributed by atoms with E-state index in [9.17, 15) is 24.0 Å². The number of nitrogens with one attached hydrogen (secondary N) is 3. The van der Waals surface area contributed by atoms with Crippen molar-refractivity contribution >= 4 is 52.1 Å². The second-order valence-electron chi connectivity index (χ2n) is 41.6. The van der Waals surface area contributed by atoms with Crippen molar-refractivity contribution in [1.82, 2.24) is 30.8 Å². The first-order valence-electron chi connectivity index (χ1n) is 53.5. The van der Waals surface area contributed by atoms with Gasteiger partial charge in [-0.15, -0.1) is 0 Å². The normalized spacial score (nSPS) is 20.1. The Kier molecular flexibility index (Phi) is 46.4. The summed E-state index contributed by atoms with van der Waals surface area (Å²) in [4.78, 5) is 74.6. The molecule has 2 aliphatic carbocycles. The third kappa shape index (κ3) is 35.9. The van der Waals surface area contributed by atoms with Gasteiger partial charge in [0.1, 0.15) is 34.9 Å². The van der Waals surface area contributed by atoms with E-state index in [2.05, 4.69) is 71.3 Å². The third-order valence-electron chi connectivity index (χ3n) is 30.2. The minimum atomic E-state index is -0.357. The first-order valence-corrected chi connectivity index (χ1v) is 53.5. The van der Waals surface area contributed by atoms with Crippen LogP contribution >= 0.6 is 0 Å². The van der Waals surface area contributed by atoms with Gasteiger partial charge < -0.3 is 44.0 Å². The lowest BCUT2D eigenvalue weighted by molar-refractivity contribution is -0.134. The largest absolute Gasteiger partial charge is 0.457 e. The highest BCUT2D eigenvalue weighted by atomic mass is 16.6. The van der Waals surface area contributed by atoms with Crippen molar-refractivity contribution in [1.29, 1.82) is 0 Å². The molecule has 4 heterocycles. The first kappa shape index (κ1) is 103. The molecule has 10 unspecified atom stereocenters. The topological polar surface area (TPSA) is 198 Å². The molecule has 15 heteroatoms. The minimum absolute atomic E-state index is 0.0194. The molecule has 0 bridgehead atoms. The van der Waals surface area contributed by atoms with Gasteiger partial charge in [-0.2, -0.15) is 0 Å². The predicted octanol–water partition coefficient (Wildman–Crippen LogP) is 31.4. The van der Waals surface area contributed by atoms with Crippen LogP contribution in [0.1, 0.15) is 461 Å². The van der Waals surface area contributed by atoms with E-state index in [0.29, 0.717) is 88.0 Å². The van der Waals surface area contributed by atoms with Crippen LogP contribution in [0.4, 0.5) is 0 Å². The minimum Gasteiger partial charge on any atom is -0.457 e. The molecule has 15 nitrogen and oxygen atoms in total. The van der Waals surface area contributed by atoms with Crippen molar-refractivity contribution in [3.8, 4) is 34.4 Å². The molecule has 2 saturated carbocycles. The number of carbonyl (C=O) groups excluding carboxylic acids is 5. The van der Waals surface area contributed by atoms with Gasteiger partial charge in [0.25, 0.3) is 11.8 Å². The van der Waals surface area contributed by atoms with Crippen LogP contribution in [0.3, 0.4) is 0 Å². The molecule has 0 radical (unpaired) electrons. The Hall–Kier alpha value is -6.87. The van der Waals surface area contributed by atoms with E-state index < -0.39 is 0 Å². The van der Waals surface area contributed by atoms with Crippen molar-refractivity contribution in [2.45, 2.75) is 464 Å². The van der Waals surface area contributed by atoms with Gasteiger partial charge in [-0.1, -0.05) is 310 Å². The monoisotopic (exact) mass is 1760 g/mol. The van der Waals surface area contributed by atoms with E-state index in [0.717, 1.165) is 123 Å². The first-order chi connectivity index (χ1) is 62.4. The summed E-state index contributed by atoms with van der Waals surface area (Å²) in [6.45, 7) is 19.4. The zero-order valence-electron chi connectivity index (χ0n) is 81.8. The number of oxazole rings is 2. The molecule has 712 valence electrons. The molecule has 2 saturated heterocycles. The van der Waals surface area contributed by atoms with Gasteiger partial charge in [0.15, 0.2) is 17.4 Å². The Morgan fingerprint density at radius 1 is 0.422 bits per heavy atom. The highest BCUT2D eigenvalue weighted by molar-refractivity contribution is 5.98. The number of hydrogen-bond donors (Lipinski definition) is 3. The number of rotatable bonds is 69. The quantitative estimate of drug-likeness (QED) is 0.0186. The number of fused-ring (bicyclic) bond motifs is 3. The van der Waals surface area contributed by atoms with Crippen LogP contribution in [0.25, 0.3) is 45.1 Å². The number of amides is 4. The Labute approximate surface area is 775 Å². The molecule has 2 aromatic heterocycles. The number of aromatic nitrogens is 2. The second-order valence-corrected chi connectivity index (χ2v) is 41.6. The number of ether oxygens (including phenoxy) is 2. The molecular formula is C113H176N6O9. The Balaban J connectivity index is 0.619. The van der Waals surface area contributed by atoms with Gasteiger partial charge in [-0.05, 0) is 243 Å². The Morgan fingerprint density at radius 2 is 0.781 bits per heavy atom. The molecular weight excluding hydrogens is 1590 g/mol. The SMILES string of the molecule is CCCCCCCCC1C(CCCCCC)CCC(CCCCCCCCC(C)(C)NC(=O)CCC=O)C1CCCCCCCCNC(=O)c1ccc2nc(-c3ccc(Oc4ccc(-c5nc6ccc(C(=O)NC(C)(C)CCCCCCCC7C(CCCCCCCN8C(=O)CCC9OC98)CCC(CCCCCC)C7CCCCCCCC)cc6o5)cc4)cc3)oc2c1. The lowest BCUT2D eigenvalue weighted by Crippen LogP contribution is -2.43. The maximum atomic E-state index is 13.9. The number of epoxide rings is 1. The van der Waals surface area contributed by atoms with E-state index >= 15 is 0 Å². The van der Waals surface area contributed by atoms with Crippen LogP contribution in [0.15, 0.2) is 93.8 Å². The smallest absolute Gasteiger partial charge is 0.251 e. The van der Waals surface area contributed by atoms with E-state index in [1.807, 2.05) is 83.8 Å². The van der Waals surface area contributed by atoms with Gasteiger partial charge in [0.2, 0.25) is 23.6 Å². The molecule has 128 heavy (non-hydrogen) atoms. The number of piperidine rings is 1. The highest BCUT2D eigenvalue weighted by Gasteiger charge is 2.49. The summed E-state index contributed by atoms with van der Waals surface area (Å²) < 4.78 is 24.7. The van der Waals surface area contributed by atoms with Gasteiger partial charge in [-0.3, -0.25) is 19.2 Å². The molecule has 4 fully saturated rings. The standard InChI is InChI=1S/C113H176N6O9/c1-9-13-17-21-31-43-56-96-86(52-39-19-15-11-3)61-63-88(54-41-29-23-25-35-47-79-112(5,6)117-105(121)60-51-83-120)98(96)58-45-33-24-26-37-49-81-114-107(123)92-69-75-100-103(84-92)126-109(115-100)90-65-71-94(72-66-90)125-95-73-67-91(68-74-95)110-116-101-76-70-93(85-104(101)127-110)108(124)118-113(7,8)80-48-36-27-34-46-59-99-89(55-42-30-28-38-50-82-119-106(122)78-77-102-111(119)128-102)64-62-87(53-40-20-16-12-4)97(99)57-44-32-22-18-14-10-2/h65-76,83-89,96-99,102,111H,9-64,77-82H2,1-8H3,(H,114,123)(H,117,121)(H,118,124). The Morgan fingerprint density at radius 3 is 1.20 bits per heavy atom. The second kappa shape index (κ2) is 57.5. The van der Waals surface area contributed by atoms with Crippen LogP contribution < -0.4 is 20.7 Å². The van der Waals surface area contributed by atoms with E-state index in [-0.39, 0.29) is 41.4 Å². The number of unbranched alkanes of at least 4 members (excludes halogenated alkanes) is 34. The van der Waals surface area contributed by atoms with Crippen LogP contribution in [0.2, 0.25) is 0 Å². The zero-order valence-corrected chi connectivity index (χ0v) is 81.8. The lowest BCUT2D eigenvalue weighted by Gasteiger charge is -2.44. The van der Waals surface area contributed by atoms with Gasteiger partial charge in [-0.25, -0.2) is 9.97 Å². The van der Waals surface area contributed by atoms with E-state index in [1.165, 1.54) is 315 Å². The predicted molar refractivity (Wildman–Crippen MR) is 529 cm³/mol. The number of benzene rings is 4. The summed E-state index contributed by atoms with van der Waals surface area (Å²) in [6, 6.07) is 26.4. The molecule has 2 aliphatic heterocycles. The number of likely N-dealkylation sites (tertiary alicyclic amines) is 1. The molecule has 3 N–H and O–H groups in total. The van der Waals surface area contributed by atoms with Crippen molar-refractivity contribution in [2.75, 3.05) is 13.1 Å². The number of hydrogen-bond acceptors (Lipinski definition) is 11. The van der Waals surface area contributed by atoms with E-state index in [4.69, 9.17) is 28.3 Å². The average Bonchev–Trinajstić information content (AvgIpc) is 1.63. The van der Waals surface area contributed by atoms with Crippen molar-refractivity contribution in [3.63, 3.8) is 0 Å². The van der Waals surface area contributed by atoms with Crippen LogP contribution in [0, 0.1) is 47.3 Å². The summed E-state index contributed by atoms with van der Waals surface area (Å²) in [5, 5.41) is 9.69. The molecule has 10 atom stereocenters. The maximum absolute atomic E-state index is 13.9. The summed E-state index contributed by atoms with van der Waals surface area (Å²) in [5.74, 6) is 9.41. The summed E-state index contributed by atoms with van der Waals surface area (Å²) >= 11 is 0. The molecule has 4 aromatic carbocycles. The van der Waals surface area contributed by atoms with E-state index in [1.54, 1.807) is 6.07 Å². The maximum Gasteiger partial charge on any atom is 0.251 e. The van der Waals surface area contributed by atoms with Gasteiger partial charge in [0.05, 0.1) is 0 Å². The Bertz CT molecular complexity index is 4100. The molecule has 4 aliphatic rings. The fourth-order valence-corrected chi connectivity index (χ4v) is 22.6. The van der Waals surface area contributed by atoms with Crippen molar-refractivity contribution in [3.05, 3.63) is 96.1 Å². The van der Waals surface area contributed by atoms with Gasteiger partial charge >= 0.3 is 0 Å². The lowest BCUT2D eigenvalue weighted by atomic mass is 9.61. The van der Waals surface area contributed by atoms with Crippen LogP contribution in [-0.4, -0.2) is 81.3 Å². The number of carbonyl (C=O) groups is 5. The molecule has 10 rings (SSSR count). The van der Waals surface area contributed by atoms with Gasteiger partial charge in [0, 0.05) is 65.7 Å². The van der Waals surface area contributed by atoms with Crippen molar-refractivity contribution < 1.29 is 42.3 Å². The average molecular weight is 1760 g/mol. The zero-order chi connectivity index (χ0) is 90.4. The molecule has 4 amide bonds. The highest BCUT2D eigenvalue weighted by Crippen LogP contribution is 2.50. The van der Waals surface area contributed by atoms with Crippen molar-refractivity contribution in [2.24, 2.45) is 47.3 Å². The summed E-state index contributed by atoms with van der Waals surface area (Å²) in [5.41, 5.74) is 4.65. The summed E-state index contributed by atoms with van der Waals surface area (Å²) in [6.07, 6.45) is 77.2. The molecule has 6 aromatic rings. The fraction of sp³-hybridized carbons (Fsp3) is 0.726. The number of aldehydes is 1. The van der Waals surface area contributed by atoms with Crippen LogP contribution in [0.5, 0.6) is 11.5 Å². The molecule has 0 spiro atoms.